The Hall–Kier alpha value is -1.99. The number of hydrogen-bond donors (Lipinski definition) is 2. The molecular formula is C18H26ClFN4O2. The van der Waals surface area contributed by atoms with Crippen LogP contribution in [-0.2, 0) is 11.2 Å². The molecule has 0 fully saturated rings. The summed E-state index contributed by atoms with van der Waals surface area (Å²) in [6, 6.07) is 4.63. The average molecular weight is 385 g/mol. The van der Waals surface area contributed by atoms with Crippen molar-refractivity contribution in [1.82, 2.24) is 15.5 Å². The fraction of sp³-hybridized carbons (Fsp3) is 0.500. The monoisotopic (exact) mass is 384 g/mol. The van der Waals surface area contributed by atoms with Crippen molar-refractivity contribution in [3.05, 3.63) is 35.5 Å². The molecule has 0 atom stereocenters. The summed E-state index contributed by atoms with van der Waals surface area (Å²) in [6.45, 7) is 6.14. The van der Waals surface area contributed by atoms with Crippen LogP contribution < -0.4 is 11.1 Å². The summed E-state index contributed by atoms with van der Waals surface area (Å²) in [5.74, 6) is 0.377. The molecule has 0 spiro atoms. The Bertz CT molecular complexity index is 732. The molecule has 0 aliphatic heterocycles. The first-order valence-corrected chi connectivity index (χ1v) is 8.51. The summed E-state index contributed by atoms with van der Waals surface area (Å²) < 4.78 is 18.5. The predicted molar refractivity (Wildman–Crippen MR) is 101 cm³/mol. The molecule has 2 rings (SSSR count). The molecule has 0 saturated heterocycles. The number of carbonyl (C=O) groups excluding carboxylic acids is 1. The highest BCUT2D eigenvalue weighted by Gasteiger charge is 2.21. The van der Waals surface area contributed by atoms with Crippen molar-refractivity contribution in [2.45, 2.75) is 52.0 Å². The van der Waals surface area contributed by atoms with Crippen molar-refractivity contribution >= 4 is 18.3 Å². The van der Waals surface area contributed by atoms with E-state index in [1.54, 1.807) is 19.1 Å². The van der Waals surface area contributed by atoms with E-state index >= 15 is 0 Å². The fourth-order valence-corrected chi connectivity index (χ4v) is 2.34. The molecule has 6 nitrogen and oxygen atoms in total. The molecule has 0 radical (unpaired) electrons. The number of nitrogens with zero attached hydrogens (tertiary/aromatic N) is 2. The molecule has 1 amide bonds. The molecule has 3 N–H and O–H groups in total. The zero-order valence-electron chi connectivity index (χ0n) is 15.3. The number of aryl methyl sites for hydroxylation is 2. The highest BCUT2D eigenvalue weighted by atomic mass is 35.5. The van der Waals surface area contributed by atoms with E-state index in [4.69, 9.17) is 10.3 Å². The smallest absolute Gasteiger partial charge is 0.227 e. The fourth-order valence-electron chi connectivity index (χ4n) is 2.34. The van der Waals surface area contributed by atoms with Crippen LogP contribution >= 0.6 is 12.4 Å². The van der Waals surface area contributed by atoms with Gasteiger partial charge in [-0.25, -0.2) is 4.39 Å². The number of aromatic nitrogens is 2. The van der Waals surface area contributed by atoms with Crippen LogP contribution in [-0.4, -0.2) is 28.1 Å². The van der Waals surface area contributed by atoms with Gasteiger partial charge in [-0.15, -0.1) is 12.4 Å². The number of rotatable bonds is 8. The van der Waals surface area contributed by atoms with Gasteiger partial charge in [0.1, 0.15) is 5.82 Å². The molecule has 0 aliphatic rings. The highest BCUT2D eigenvalue weighted by molar-refractivity contribution is 5.85. The Balaban J connectivity index is 0.00000338. The molecule has 0 saturated carbocycles. The Kier molecular flexibility index (Phi) is 8.17. The van der Waals surface area contributed by atoms with E-state index in [2.05, 4.69) is 15.5 Å². The van der Waals surface area contributed by atoms with Crippen LogP contribution in [0.25, 0.3) is 11.4 Å². The third-order valence-electron chi connectivity index (χ3n) is 4.50. The zero-order chi connectivity index (χ0) is 18.4. The second-order valence-corrected chi connectivity index (χ2v) is 6.32. The summed E-state index contributed by atoms with van der Waals surface area (Å²) in [4.78, 5) is 16.2. The van der Waals surface area contributed by atoms with Gasteiger partial charge in [0.05, 0.1) is 0 Å². The first-order chi connectivity index (χ1) is 11.9. The van der Waals surface area contributed by atoms with E-state index < -0.39 is 0 Å². The van der Waals surface area contributed by atoms with Gasteiger partial charge in [-0.2, -0.15) is 4.98 Å². The van der Waals surface area contributed by atoms with Gasteiger partial charge < -0.3 is 15.6 Å². The third kappa shape index (κ3) is 5.78. The van der Waals surface area contributed by atoms with Crippen LogP contribution in [0, 0.1) is 12.7 Å². The normalized spacial score (nSPS) is 11.1. The lowest BCUT2D eigenvalue weighted by molar-refractivity contribution is -0.121. The van der Waals surface area contributed by atoms with Crippen LogP contribution in [0.4, 0.5) is 4.39 Å². The Morgan fingerprint density at radius 2 is 2.04 bits per heavy atom. The first kappa shape index (κ1) is 22.1. The van der Waals surface area contributed by atoms with E-state index in [-0.39, 0.29) is 36.1 Å². The SMILES string of the molecule is CCC(N)(CC)CNC(=O)CCc1nc(-c2ccc(F)c(C)c2)no1.Cl. The van der Waals surface area contributed by atoms with E-state index in [9.17, 15) is 9.18 Å². The number of amides is 1. The third-order valence-corrected chi connectivity index (χ3v) is 4.50. The lowest BCUT2D eigenvalue weighted by atomic mass is 9.94. The molecule has 0 unspecified atom stereocenters. The van der Waals surface area contributed by atoms with Gasteiger partial charge in [0.25, 0.3) is 0 Å². The van der Waals surface area contributed by atoms with E-state index in [1.165, 1.54) is 6.07 Å². The quantitative estimate of drug-likeness (QED) is 0.729. The number of carbonyl (C=O) groups is 1. The lowest BCUT2D eigenvalue weighted by Crippen LogP contribution is -2.49. The average Bonchev–Trinajstić information content (AvgIpc) is 3.09. The number of hydrogen-bond acceptors (Lipinski definition) is 5. The Morgan fingerprint density at radius 1 is 1.35 bits per heavy atom. The summed E-state index contributed by atoms with van der Waals surface area (Å²) >= 11 is 0. The van der Waals surface area contributed by atoms with Crippen molar-refractivity contribution in [2.24, 2.45) is 5.73 Å². The molecule has 2 aromatic rings. The van der Waals surface area contributed by atoms with E-state index in [1.807, 2.05) is 13.8 Å². The summed E-state index contributed by atoms with van der Waals surface area (Å²) in [6.07, 6.45) is 2.18. The second-order valence-electron chi connectivity index (χ2n) is 6.32. The summed E-state index contributed by atoms with van der Waals surface area (Å²) in [5, 5.41) is 6.74. The molecular weight excluding hydrogens is 359 g/mol. The minimum Gasteiger partial charge on any atom is -0.354 e. The lowest BCUT2D eigenvalue weighted by Gasteiger charge is -2.26. The number of nitrogens with two attached hydrogens (primary N) is 1. The van der Waals surface area contributed by atoms with Crippen molar-refractivity contribution in [1.29, 1.82) is 0 Å². The first-order valence-electron chi connectivity index (χ1n) is 8.51. The Morgan fingerprint density at radius 3 is 2.65 bits per heavy atom. The van der Waals surface area contributed by atoms with E-state index in [0.717, 1.165) is 12.8 Å². The van der Waals surface area contributed by atoms with Gasteiger partial charge in [-0.3, -0.25) is 4.79 Å². The minimum atomic E-state index is -0.367. The van der Waals surface area contributed by atoms with Crippen LogP contribution in [0.15, 0.2) is 22.7 Å². The predicted octanol–water partition coefficient (Wildman–Crippen LogP) is 3.17. The van der Waals surface area contributed by atoms with Gasteiger partial charge in [0.15, 0.2) is 0 Å². The van der Waals surface area contributed by atoms with Gasteiger partial charge in [-0.1, -0.05) is 19.0 Å². The van der Waals surface area contributed by atoms with Crippen molar-refractivity contribution in [3.8, 4) is 11.4 Å². The second kappa shape index (κ2) is 9.64. The Labute approximate surface area is 159 Å². The molecule has 1 heterocycles. The van der Waals surface area contributed by atoms with Crippen molar-refractivity contribution < 1.29 is 13.7 Å². The van der Waals surface area contributed by atoms with Crippen LogP contribution in [0.5, 0.6) is 0 Å². The molecule has 0 bridgehead atoms. The maximum absolute atomic E-state index is 13.3. The topological polar surface area (TPSA) is 94.0 Å². The maximum atomic E-state index is 13.3. The van der Waals surface area contributed by atoms with Crippen LogP contribution in [0.2, 0.25) is 0 Å². The van der Waals surface area contributed by atoms with Gasteiger partial charge >= 0.3 is 0 Å². The zero-order valence-corrected chi connectivity index (χ0v) is 16.2. The van der Waals surface area contributed by atoms with Crippen LogP contribution in [0.1, 0.15) is 44.6 Å². The number of nitrogens with one attached hydrogen (secondary N) is 1. The van der Waals surface area contributed by atoms with Gasteiger partial charge in [-0.05, 0) is 43.5 Å². The molecule has 1 aromatic carbocycles. The van der Waals surface area contributed by atoms with Gasteiger partial charge in [0, 0.05) is 30.5 Å². The molecule has 0 aliphatic carbocycles. The van der Waals surface area contributed by atoms with E-state index in [0.29, 0.717) is 35.8 Å². The number of halogens is 2. The minimum absolute atomic E-state index is 0. The molecule has 144 valence electrons. The standard InChI is InChI=1S/C18H25FN4O2.ClH/c1-4-18(20,5-2)11-21-15(24)8-9-16-22-17(23-25-16)13-6-7-14(19)12(3)10-13;/h6-7,10H,4-5,8-9,11,20H2,1-3H3,(H,21,24);1H. The summed E-state index contributed by atoms with van der Waals surface area (Å²) in [5.41, 5.74) is 6.99. The number of benzene rings is 1. The van der Waals surface area contributed by atoms with Gasteiger partial charge in [0.2, 0.25) is 17.6 Å². The maximum Gasteiger partial charge on any atom is 0.227 e. The molecule has 26 heavy (non-hydrogen) atoms. The largest absolute Gasteiger partial charge is 0.354 e. The molecule has 8 heteroatoms. The van der Waals surface area contributed by atoms with Crippen LogP contribution in [0.3, 0.4) is 0 Å². The highest BCUT2D eigenvalue weighted by Crippen LogP contribution is 2.19. The van der Waals surface area contributed by atoms with Crippen molar-refractivity contribution in [3.63, 3.8) is 0 Å². The summed E-state index contributed by atoms with van der Waals surface area (Å²) in [7, 11) is 0. The molecule has 1 aromatic heterocycles. The van der Waals surface area contributed by atoms with Crippen molar-refractivity contribution in [2.75, 3.05) is 6.54 Å².